The van der Waals surface area contributed by atoms with Gasteiger partial charge in [0.1, 0.15) is 17.2 Å². The van der Waals surface area contributed by atoms with E-state index in [2.05, 4.69) is 5.32 Å². The SMILES string of the molecule is COc1cc(NC(=O)COc2ccc([N+](=O)[O-])cc2Cl)cc(OC)c1. The molecule has 1 amide bonds. The van der Waals surface area contributed by atoms with Gasteiger partial charge in [-0.3, -0.25) is 14.9 Å². The molecule has 0 aliphatic carbocycles. The molecule has 0 aromatic heterocycles. The Morgan fingerprint density at radius 1 is 1.16 bits per heavy atom. The number of carbonyl (C=O) groups is 1. The van der Waals surface area contributed by atoms with Gasteiger partial charge in [0.15, 0.2) is 6.61 Å². The van der Waals surface area contributed by atoms with Gasteiger partial charge in [0.25, 0.3) is 11.6 Å². The molecule has 9 heteroatoms. The lowest BCUT2D eigenvalue weighted by atomic mass is 10.2. The van der Waals surface area contributed by atoms with Gasteiger partial charge >= 0.3 is 0 Å². The molecule has 0 saturated heterocycles. The lowest BCUT2D eigenvalue weighted by molar-refractivity contribution is -0.384. The number of anilines is 1. The summed E-state index contributed by atoms with van der Waals surface area (Å²) < 4.78 is 15.5. The molecule has 0 saturated carbocycles. The van der Waals surface area contributed by atoms with E-state index in [1.54, 1.807) is 18.2 Å². The molecule has 0 heterocycles. The predicted octanol–water partition coefficient (Wildman–Crippen LogP) is 3.28. The summed E-state index contributed by atoms with van der Waals surface area (Å²) in [5, 5.41) is 13.3. The fourth-order valence-electron chi connectivity index (χ4n) is 1.94. The molecule has 0 aliphatic heterocycles. The van der Waals surface area contributed by atoms with Gasteiger partial charge in [-0.15, -0.1) is 0 Å². The van der Waals surface area contributed by atoms with Crippen molar-refractivity contribution in [2.45, 2.75) is 0 Å². The van der Waals surface area contributed by atoms with Crippen molar-refractivity contribution in [3.8, 4) is 17.2 Å². The second-order valence-corrected chi connectivity index (χ2v) is 5.22. The Kier molecular flexibility index (Phi) is 6.02. The summed E-state index contributed by atoms with van der Waals surface area (Å²) in [5.41, 5.74) is 0.310. The molecule has 8 nitrogen and oxygen atoms in total. The summed E-state index contributed by atoms with van der Waals surface area (Å²) in [6.07, 6.45) is 0. The van der Waals surface area contributed by atoms with Crippen molar-refractivity contribution in [3.05, 3.63) is 51.5 Å². The lowest BCUT2D eigenvalue weighted by Crippen LogP contribution is -2.20. The van der Waals surface area contributed by atoms with Gasteiger partial charge in [0.05, 0.1) is 24.2 Å². The number of nitro benzene ring substituents is 1. The number of rotatable bonds is 7. The number of nitrogens with one attached hydrogen (secondary N) is 1. The molecule has 2 aromatic carbocycles. The van der Waals surface area contributed by atoms with Crippen LogP contribution in [0.5, 0.6) is 17.2 Å². The van der Waals surface area contributed by atoms with Crippen LogP contribution < -0.4 is 19.5 Å². The molecule has 0 aliphatic rings. The minimum Gasteiger partial charge on any atom is -0.497 e. The number of hydrogen-bond donors (Lipinski definition) is 1. The van der Waals surface area contributed by atoms with Gasteiger partial charge in [-0.25, -0.2) is 0 Å². The van der Waals surface area contributed by atoms with Crippen LogP contribution in [0.15, 0.2) is 36.4 Å². The van der Waals surface area contributed by atoms with Crippen LogP contribution in [0, 0.1) is 10.1 Å². The molecule has 132 valence electrons. The normalized spacial score (nSPS) is 10.0. The van der Waals surface area contributed by atoms with E-state index < -0.39 is 10.8 Å². The maximum Gasteiger partial charge on any atom is 0.271 e. The quantitative estimate of drug-likeness (QED) is 0.596. The van der Waals surface area contributed by atoms with E-state index in [9.17, 15) is 14.9 Å². The second-order valence-electron chi connectivity index (χ2n) is 4.81. The fraction of sp³-hybridized carbons (Fsp3) is 0.188. The Bertz CT molecular complexity index is 774. The van der Waals surface area contributed by atoms with Gasteiger partial charge in [-0.1, -0.05) is 11.6 Å². The Morgan fingerprint density at radius 2 is 1.80 bits per heavy atom. The Balaban J connectivity index is 2.00. The van der Waals surface area contributed by atoms with E-state index in [0.717, 1.165) is 6.07 Å². The first-order chi connectivity index (χ1) is 11.9. The average molecular weight is 367 g/mol. The molecule has 2 aromatic rings. The van der Waals surface area contributed by atoms with Crippen molar-refractivity contribution in [2.24, 2.45) is 0 Å². The van der Waals surface area contributed by atoms with Crippen LogP contribution in [0.3, 0.4) is 0 Å². The van der Waals surface area contributed by atoms with Crippen molar-refractivity contribution in [1.29, 1.82) is 0 Å². The van der Waals surface area contributed by atoms with Crippen LogP contribution in [-0.2, 0) is 4.79 Å². The van der Waals surface area contributed by atoms with E-state index in [-0.39, 0.29) is 23.1 Å². The number of nitrogens with zero attached hydrogens (tertiary/aromatic N) is 1. The zero-order valence-corrected chi connectivity index (χ0v) is 14.2. The van der Waals surface area contributed by atoms with Gasteiger partial charge in [-0.05, 0) is 6.07 Å². The minimum atomic E-state index is -0.571. The Labute approximate surface area is 148 Å². The van der Waals surface area contributed by atoms with Gasteiger partial charge < -0.3 is 19.5 Å². The summed E-state index contributed by atoms with van der Waals surface area (Å²) in [6.45, 7) is -0.322. The molecule has 25 heavy (non-hydrogen) atoms. The molecular formula is C16H15ClN2O6. The molecule has 0 atom stereocenters. The predicted molar refractivity (Wildman–Crippen MR) is 91.8 cm³/mol. The molecule has 0 fully saturated rings. The van der Waals surface area contributed by atoms with Gasteiger partial charge in [0.2, 0.25) is 0 Å². The number of carbonyl (C=O) groups excluding carboxylic acids is 1. The standard InChI is InChI=1S/C16H15ClN2O6/c1-23-12-5-10(6-13(8-12)24-2)18-16(20)9-25-15-4-3-11(19(21)22)7-14(15)17/h3-8H,9H2,1-2H3,(H,18,20). The number of benzene rings is 2. The summed E-state index contributed by atoms with van der Waals surface area (Å²) in [6, 6.07) is 8.65. The van der Waals surface area contributed by atoms with Crippen molar-refractivity contribution in [3.63, 3.8) is 0 Å². The number of non-ortho nitro benzene ring substituents is 1. The largest absolute Gasteiger partial charge is 0.497 e. The molecule has 0 unspecified atom stereocenters. The van der Waals surface area contributed by atoms with E-state index in [0.29, 0.717) is 17.2 Å². The number of ether oxygens (including phenoxy) is 3. The molecule has 0 radical (unpaired) electrons. The maximum atomic E-state index is 12.0. The number of nitro groups is 1. The molecule has 2 rings (SSSR count). The van der Waals surface area contributed by atoms with Crippen LogP contribution in [0.2, 0.25) is 5.02 Å². The lowest BCUT2D eigenvalue weighted by Gasteiger charge is -2.11. The third-order valence-electron chi connectivity index (χ3n) is 3.12. The third-order valence-corrected chi connectivity index (χ3v) is 3.42. The fourth-order valence-corrected chi connectivity index (χ4v) is 2.17. The summed E-state index contributed by atoms with van der Waals surface area (Å²) >= 11 is 5.90. The Morgan fingerprint density at radius 3 is 2.32 bits per heavy atom. The topological polar surface area (TPSA) is 99.9 Å². The zero-order chi connectivity index (χ0) is 18.4. The highest BCUT2D eigenvalue weighted by molar-refractivity contribution is 6.32. The Hall–Kier alpha value is -3.00. The van der Waals surface area contributed by atoms with Gasteiger partial charge in [0, 0.05) is 36.0 Å². The smallest absolute Gasteiger partial charge is 0.271 e. The van der Waals surface area contributed by atoms with Crippen LogP contribution in [-0.4, -0.2) is 31.7 Å². The van der Waals surface area contributed by atoms with Crippen LogP contribution in [0.25, 0.3) is 0 Å². The van der Waals surface area contributed by atoms with Crippen molar-refractivity contribution in [2.75, 3.05) is 26.1 Å². The zero-order valence-electron chi connectivity index (χ0n) is 13.4. The summed E-state index contributed by atoms with van der Waals surface area (Å²) in [5.74, 6) is 0.776. The maximum absolute atomic E-state index is 12.0. The first kappa shape index (κ1) is 18.3. The second kappa shape index (κ2) is 8.20. The minimum absolute atomic E-state index is 0.0463. The average Bonchev–Trinajstić information content (AvgIpc) is 2.60. The first-order valence-electron chi connectivity index (χ1n) is 7.02. The highest BCUT2D eigenvalue weighted by atomic mass is 35.5. The molecule has 0 spiro atoms. The van der Waals surface area contributed by atoms with Crippen LogP contribution in [0.4, 0.5) is 11.4 Å². The third kappa shape index (κ3) is 4.98. The van der Waals surface area contributed by atoms with E-state index in [1.807, 2.05) is 0 Å². The number of hydrogen-bond acceptors (Lipinski definition) is 6. The number of methoxy groups -OCH3 is 2. The molecular weight excluding hydrogens is 352 g/mol. The highest BCUT2D eigenvalue weighted by Crippen LogP contribution is 2.29. The van der Waals surface area contributed by atoms with Crippen LogP contribution in [0.1, 0.15) is 0 Å². The first-order valence-corrected chi connectivity index (χ1v) is 7.40. The van der Waals surface area contributed by atoms with Crippen molar-refractivity contribution < 1.29 is 23.9 Å². The van der Waals surface area contributed by atoms with E-state index in [4.69, 9.17) is 25.8 Å². The van der Waals surface area contributed by atoms with Crippen LogP contribution >= 0.6 is 11.6 Å². The molecule has 1 N–H and O–H groups in total. The highest BCUT2D eigenvalue weighted by Gasteiger charge is 2.12. The van der Waals surface area contributed by atoms with E-state index >= 15 is 0 Å². The van der Waals surface area contributed by atoms with Crippen molar-refractivity contribution >= 4 is 28.9 Å². The number of halogens is 1. The monoisotopic (exact) mass is 366 g/mol. The van der Waals surface area contributed by atoms with Gasteiger partial charge in [-0.2, -0.15) is 0 Å². The number of amides is 1. The summed E-state index contributed by atoms with van der Waals surface area (Å²) in [7, 11) is 3.00. The van der Waals surface area contributed by atoms with E-state index in [1.165, 1.54) is 26.4 Å². The molecule has 0 bridgehead atoms. The van der Waals surface area contributed by atoms with Crippen molar-refractivity contribution in [1.82, 2.24) is 0 Å². The summed E-state index contributed by atoms with van der Waals surface area (Å²) in [4.78, 5) is 22.1.